The number of piperidine rings is 1. The lowest BCUT2D eigenvalue weighted by molar-refractivity contribution is 0.106. The van der Waals surface area contributed by atoms with E-state index in [-0.39, 0.29) is 5.60 Å². The summed E-state index contributed by atoms with van der Waals surface area (Å²) in [5, 5.41) is 0. The highest BCUT2D eigenvalue weighted by atomic mass is 16.6. The van der Waals surface area contributed by atoms with Crippen LogP contribution in [0.25, 0.3) is 0 Å². The molecule has 2 heteroatoms. The van der Waals surface area contributed by atoms with Crippen LogP contribution in [0.15, 0.2) is 0 Å². The molecule has 2 unspecified atom stereocenters. The summed E-state index contributed by atoms with van der Waals surface area (Å²) >= 11 is 0. The van der Waals surface area contributed by atoms with E-state index < -0.39 is 0 Å². The van der Waals surface area contributed by atoms with Crippen molar-refractivity contribution in [2.45, 2.75) is 37.8 Å². The lowest BCUT2D eigenvalue weighted by Gasteiger charge is -2.35. The summed E-state index contributed by atoms with van der Waals surface area (Å²) in [7, 11) is 2.22. The van der Waals surface area contributed by atoms with Gasteiger partial charge in [0.2, 0.25) is 0 Å². The van der Waals surface area contributed by atoms with Gasteiger partial charge >= 0.3 is 0 Å². The van der Waals surface area contributed by atoms with Crippen LogP contribution in [0.2, 0.25) is 0 Å². The third-order valence-electron chi connectivity index (χ3n) is 3.08. The third kappa shape index (κ3) is 1.30. The fraction of sp³-hybridized carbons (Fsp3) is 1.00. The second kappa shape index (κ2) is 2.46. The number of nitrogens with zero attached hydrogens (tertiary/aromatic N) is 1. The van der Waals surface area contributed by atoms with Gasteiger partial charge in [-0.25, -0.2) is 0 Å². The molecular weight excluding hydrogens is 138 g/mol. The Bertz CT molecular complexity index is 154. The van der Waals surface area contributed by atoms with Crippen molar-refractivity contribution in [3.63, 3.8) is 0 Å². The lowest BCUT2D eigenvalue weighted by Crippen LogP contribution is -2.45. The minimum absolute atomic E-state index is 0.217. The smallest absolute Gasteiger partial charge is 0.104 e. The lowest BCUT2D eigenvalue weighted by atomic mass is 9.92. The van der Waals surface area contributed by atoms with Crippen LogP contribution in [-0.2, 0) is 4.74 Å². The number of rotatable bonds is 1. The van der Waals surface area contributed by atoms with Crippen molar-refractivity contribution in [3.8, 4) is 0 Å². The van der Waals surface area contributed by atoms with Gasteiger partial charge in [-0.15, -0.1) is 0 Å². The van der Waals surface area contributed by atoms with Crippen LogP contribution < -0.4 is 0 Å². The van der Waals surface area contributed by atoms with Gasteiger partial charge in [0, 0.05) is 6.04 Å². The minimum Gasteiger partial charge on any atom is -0.368 e. The number of ether oxygens (including phenoxy) is 1. The molecule has 0 N–H and O–H groups in total. The highest BCUT2D eigenvalue weighted by Gasteiger charge is 2.48. The maximum Gasteiger partial charge on any atom is 0.104 e. The van der Waals surface area contributed by atoms with E-state index in [0.717, 1.165) is 6.61 Å². The molecule has 64 valence electrons. The standard InChI is InChI=1S/C9H17NO/c1-9(7-11-9)8-5-3-4-6-10(8)2/h8H,3-7H2,1-2H3. The first-order valence-corrected chi connectivity index (χ1v) is 4.56. The van der Waals surface area contributed by atoms with E-state index in [0.29, 0.717) is 6.04 Å². The molecule has 2 aliphatic heterocycles. The number of hydrogen-bond donors (Lipinski definition) is 0. The Balaban J connectivity index is 1.99. The summed E-state index contributed by atoms with van der Waals surface area (Å²) in [5.41, 5.74) is 0.217. The van der Waals surface area contributed by atoms with Crippen LogP contribution in [0, 0.1) is 0 Å². The molecule has 0 saturated carbocycles. The molecule has 0 amide bonds. The zero-order valence-electron chi connectivity index (χ0n) is 7.47. The molecule has 2 heterocycles. The molecule has 11 heavy (non-hydrogen) atoms. The van der Waals surface area contributed by atoms with Gasteiger partial charge in [-0.1, -0.05) is 6.42 Å². The quantitative estimate of drug-likeness (QED) is 0.530. The van der Waals surface area contributed by atoms with E-state index in [1.54, 1.807) is 0 Å². The fourth-order valence-corrected chi connectivity index (χ4v) is 2.15. The van der Waals surface area contributed by atoms with E-state index in [1.165, 1.54) is 25.8 Å². The maximum atomic E-state index is 5.46. The van der Waals surface area contributed by atoms with E-state index in [2.05, 4.69) is 18.9 Å². The van der Waals surface area contributed by atoms with Crippen LogP contribution in [0.4, 0.5) is 0 Å². The van der Waals surface area contributed by atoms with E-state index in [1.807, 2.05) is 0 Å². The van der Waals surface area contributed by atoms with E-state index in [9.17, 15) is 0 Å². The van der Waals surface area contributed by atoms with Crippen LogP contribution in [0.5, 0.6) is 0 Å². The van der Waals surface area contributed by atoms with Crippen LogP contribution in [0.3, 0.4) is 0 Å². The maximum absolute atomic E-state index is 5.46. The number of epoxide rings is 1. The van der Waals surface area contributed by atoms with Crippen molar-refractivity contribution in [3.05, 3.63) is 0 Å². The molecule has 2 fully saturated rings. The molecule has 0 spiro atoms. The Morgan fingerprint density at radius 2 is 2.18 bits per heavy atom. The summed E-state index contributed by atoms with van der Waals surface area (Å²) in [6.07, 6.45) is 4.07. The van der Waals surface area contributed by atoms with E-state index >= 15 is 0 Å². The first-order valence-electron chi connectivity index (χ1n) is 4.56. The van der Waals surface area contributed by atoms with Gasteiger partial charge in [0.25, 0.3) is 0 Å². The number of hydrogen-bond acceptors (Lipinski definition) is 2. The van der Waals surface area contributed by atoms with E-state index in [4.69, 9.17) is 4.74 Å². The first kappa shape index (κ1) is 7.56. The topological polar surface area (TPSA) is 15.8 Å². The Kier molecular flexibility index (Phi) is 1.69. The molecular formula is C9H17NO. The average Bonchev–Trinajstić information content (AvgIpc) is 2.70. The molecule has 2 aliphatic rings. The molecule has 0 aromatic heterocycles. The predicted molar refractivity (Wildman–Crippen MR) is 44.6 cm³/mol. The van der Waals surface area contributed by atoms with Crippen molar-refractivity contribution in [2.75, 3.05) is 20.2 Å². The largest absolute Gasteiger partial charge is 0.368 e. The monoisotopic (exact) mass is 155 g/mol. The van der Waals surface area contributed by atoms with Crippen molar-refractivity contribution in [2.24, 2.45) is 0 Å². The zero-order valence-corrected chi connectivity index (χ0v) is 7.47. The van der Waals surface area contributed by atoms with Crippen molar-refractivity contribution in [1.82, 2.24) is 4.90 Å². The fourth-order valence-electron chi connectivity index (χ4n) is 2.15. The van der Waals surface area contributed by atoms with Gasteiger partial charge in [0.05, 0.1) is 6.61 Å². The summed E-state index contributed by atoms with van der Waals surface area (Å²) in [6.45, 7) is 4.46. The molecule has 2 atom stereocenters. The molecule has 0 radical (unpaired) electrons. The van der Waals surface area contributed by atoms with Crippen molar-refractivity contribution in [1.29, 1.82) is 0 Å². The second-order valence-electron chi connectivity index (χ2n) is 4.09. The van der Waals surface area contributed by atoms with Gasteiger partial charge < -0.3 is 9.64 Å². The summed E-state index contributed by atoms with van der Waals surface area (Å²) in [6, 6.07) is 0.691. The van der Waals surface area contributed by atoms with Gasteiger partial charge in [-0.05, 0) is 33.4 Å². The Labute approximate surface area is 68.5 Å². The Hall–Kier alpha value is -0.0800. The average molecular weight is 155 g/mol. The first-order chi connectivity index (χ1) is 5.22. The Morgan fingerprint density at radius 3 is 2.73 bits per heavy atom. The molecule has 0 aromatic carbocycles. The second-order valence-corrected chi connectivity index (χ2v) is 4.09. The van der Waals surface area contributed by atoms with Crippen LogP contribution in [0.1, 0.15) is 26.2 Å². The number of likely N-dealkylation sites (N-methyl/N-ethyl adjacent to an activating group) is 1. The van der Waals surface area contributed by atoms with Gasteiger partial charge in [0.15, 0.2) is 0 Å². The molecule has 2 saturated heterocycles. The molecule has 2 rings (SSSR count). The minimum atomic E-state index is 0.217. The normalized spacial score (nSPS) is 45.8. The predicted octanol–water partition coefficient (Wildman–Crippen LogP) is 1.26. The summed E-state index contributed by atoms with van der Waals surface area (Å²) < 4.78 is 5.46. The highest BCUT2D eigenvalue weighted by molar-refractivity contribution is 5.00. The van der Waals surface area contributed by atoms with Crippen molar-refractivity contribution < 1.29 is 4.74 Å². The van der Waals surface area contributed by atoms with Crippen LogP contribution >= 0.6 is 0 Å². The number of likely N-dealkylation sites (tertiary alicyclic amines) is 1. The molecule has 0 aromatic rings. The summed E-state index contributed by atoms with van der Waals surface area (Å²) in [5.74, 6) is 0. The summed E-state index contributed by atoms with van der Waals surface area (Å²) in [4.78, 5) is 2.45. The van der Waals surface area contributed by atoms with Crippen molar-refractivity contribution >= 4 is 0 Å². The highest BCUT2D eigenvalue weighted by Crippen LogP contribution is 2.37. The third-order valence-corrected chi connectivity index (χ3v) is 3.08. The molecule has 0 aliphatic carbocycles. The molecule has 2 nitrogen and oxygen atoms in total. The Morgan fingerprint density at radius 1 is 1.45 bits per heavy atom. The van der Waals surface area contributed by atoms with Gasteiger partial charge in [-0.3, -0.25) is 0 Å². The zero-order chi connectivity index (χ0) is 7.90. The molecule has 0 bridgehead atoms. The van der Waals surface area contributed by atoms with Gasteiger partial charge in [0.1, 0.15) is 5.60 Å². The van der Waals surface area contributed by atoms with Gasteiger partial charge in [-0.2, -0.15) is 0 Å². The SMILES string of the molecule is CN1CCCCC1C1(C)CO1. The van der Waals surface area contributed by atoms with Crippen LogP contribution in [-0.4, -0.2) is 36.7 Å².